The molecule has 0 aliphatic carbocycles. The van der Waals surface area contributed by atoms with Gasteiger partial charge in [-0.3, -0.25) is 0 Å². The Morgan fingerprint density at radius 3 is 2.66 bits per heavy atom. The number of aliphatic hydroxyl groups is 1. The minimum atomic E-state index is 0.292. The topological polar surface area (TPSA) is 67.3 Å². The van der Waals surface area contributed by atoms with Gasteiger partial charge in [0.15, 0.2) is 0 Å². The Morgan fingerprint density at radius 1 is 1.07 bits per heavy atom. The average molecular weight is 386 g/mol. The van der Waals surface area contributed by atoms with Gasteiger partial charge in [-0.05, 0) is 43.0 Å². The maximum absolute atomic E-state index is 9.36. The number of para-hydroxylation sites is 1. The predicted molar refractivity (Wildman–Crippen MR) is 120 cm³/mol. The van der Waals surface area contributed by atoms with Gasteiger partial charge in [-0.2, -0.15) is 0 Å². The third-order valence-electron chi connectivity index (χ3n) is 6.26. The Hall–Kier alpha value is -3.05. The van der Waals surface area contributed by atoms with Crippen molar-refractivity contribution in [2.24, 2.45) is 13.0 Å². The molecular weight excluding hydrogens is 360 g/mol. The number of rotatable bonds is 3. The lowest BCUT2D eigenvalue weighted by Crippen LogP contribution is -2.34. The van der Waals surface area contributed by atoms with E-state index in [0.29, 0.717) is 18.3 Å². The number of anilines is 2. The van der Waals surface area contributed by atoms with E-state index >= 15 is 0 Å². The molecule has 3 heterocycles. The highest BCUT2D eigenvalue weighted by Crippen LogP contribution is 2.35. The van der Waals surface area contributed by atoms with E-state index in [9.17, 15) is 5.11 Å². The van der Waals surface area contributed by atoms with Crippen molar-refractivity contribution >= 4 is 33.3 Å². The minimum Gasteiger partial charge on any atom is -0.396 e. The number of aromatic nitrogens is 2. The van der Waals surface area contributed by atoms with E-state index in [4.69, 9.17) is 10.7 Å². The third kappa shape index (κ3) is 3.12. The Kier molecular flexibility index (Phi) is 4.40. The second-order valence-corrected chi connectivity index (χ2v) is 8.08. The lowest BCUT2D eigenvalue weighted by molar-refractivity contribution is 0.203. The molecule has 0 bridgehead atoms. The lowest BCUT2D eigenvalue weighted by atomic mass is 9.97. The fraction of sp³-hybridized carbons (Fsp3) is 0.292. The molecule has 148 valence electrons. The predicted octanol–water partition coefficient (Wildman–Crippen LogP) is 4.18. The number of nitrogen functional groups attached to an aromatic ring is 1. The summed E-state index contributed by atoms with van der Waals surface area (Å²) in [5, 5.41) is 11.6. The fourth-order valence-electron chi connectivity index (χ4n) is 4.51. The Bertz CT molecular complexity index is 1190. The van der Waals surface area contributed by atoms with Gasteiger partial charge in [-0.1, -0.05) is 24.3 Å². The van der Waals surface area contributed by atoms with Crippen molar-refractivity contribution in [3.05, 3.63) is 54.7 Å². The molecule has 0 radical (unpaired) electrons. The van der Waals surface area contributed by atoms with Crippen LogP contribution in [0, 0.1) is 5.92 Å². The highest BCUT2D eigenvalue weighted by Gasteiger charge is 2.19. The number of pyridine rings is 1. The minimum absolute atomic E-state index is 0.292. The number of aryl methyl sites for hydroxylation is 1. The van der Waals surface area contributed by atoms with E-state index in [1.807, 2.05) is 0 Å². The molecule has 5 heteroatoms. The Balaban J connectivity index is 1.54. The number of benzene rings is 2. The highest BCUT2D eigenvalue weighted by molar-refractivity contribution is 6.01. The molecule has 29 heavy (non-hydrogen) atoms. The van der Waals surface area contributed by atoms with Crippen molar-refractivity contribution in [1.82, 2.24) is 9.55 Å². The van der Waals surface area contributed by atoms with Gasteiger partial charge in [0, 0.05) is 66.0 Å². The van der Waals surface area contributed by atoms with Crippen molar-refractivity contribution in [2.75, 3.05) is 30.3 Å². The largest absolute Gasteiger partial charge is 0.396 e. The molecule has 1 aliphatic heterocycles. The highest BCUT2D eigenvalue weighted by atomic mass is 16.3. The molecule has 0 spiro atoms. The van der Waals surface area contributed by atoms with Gasteiger partial charge in [0.1, 0.15) is 5.82 Å². The van der Waals surface area contributed by atoms with Gasteiger partial charge in [-0.15, -0.1) is 0 Å². The molecule has 1 aliphatic rings. The first-order valence-electron chi connectivity index (χ1n) is 10.2. The first kappa shape index (κ1) is 18.0. The average Bonchev–Trinajstić information content (AvgIpc) is 3.09. The van der Waals surface area contributed by atoms with Crippen LogP contribution in [0.15, 0.2) is 54.7 Å². The van der Waals surface area contributed by atoms with Crippen LogP contribution in [0.25, 0.3) is 32.9 Å². The van der Waals surface area contributed by atoms with Gasteiger partial charge in [0.2, 0.25) is 0 Å². The molecule has 2 aromatic heterocycles. The molecule has 0 amide bonds. The van der Waals surface area contributed by atoms with Crippen LogP contribution in [0.2, 0.25) is 0 Å². The van der Waals surface area contributed by atoms with Crippen LogP contribution in [-0.2, 0) is 7.05 Å². The molecule has 0 unspecified atom stereocenters. The Labute approximate surface area is 170 Å². The number of nitrogens with zero attached hydrogens (tertiary/aromatic N) is 3. The summed E-state index contributed by atoms with van der Waals surface area (Å²) in [4.78, 5) is 7.13. The summed E-state index contributed by atoms with van der Waals surface area (Å²) in [6, 6.07) is 17.0. The summed E-state index contributed by atoms with van der Waals surface area (Å²) in [6.45, 7) is 2.24. The van der Waals surface area contributed by atoms with E-state index in [0.717, 1.165) is 48.0 Å². The quantitative estimate of drug-likeness (QED) is 0.554. The first-order chi connectivity index (χ1) is 14.1. The van der Waals surface area contributed by atoms with Crippen LogP contribution in [0.3, 0.4) is 0 Å². The summed E-state index contributed by atoms with van der Waals surface area (Å²) >= 11 is 0. The van der Waals surface area contributed by atoms with Crippen LogP contribution in [0.5, 0.6) is 0 Å². The second kappa shape index (κ2) is 7.08. The maximum atomic E-state index is 9.36. The van der Waals surface area contributed by atoms with E-state index in [1.54, 1.807) is 0 Å². The molecule has 0 atom stereocenters. The molecule has 1 fully saturated rings. The number of aliphatic hydroxyl groups excluding tert-OH is 1. The SMILES string of the molecule is Cn1cc(-c2cc3ccc(N4CCC(CO)CC4)cc3nc2N)c2ccccc21. The molecule has 3 N–H and O–H groups in total. The number of piperidine rings is 1. The van der Waals surface area contributed by atoms with E-state index in [2.05, 4.69) is 71.2 Å². The maximum Gasteiger partial charge on any atom is 0.132 e. The molecule has 5 nitrogen and oxygen atoms in total. The number of fused-ring (bicyclic) bond motifs is 2. The number of hydrogen-bond acceptors (Lipinski definition) is 4. The first-order valence-corrected chi connectivity index (χ1v) is 10.2. The van der Waals surface area contributed by atoms with Gasteiger partial charge in [0.05, 0.1) is 5.52 Å². The zero-order chi connectivity index (χ0) is 20.0. The van der Waals surface area contributed by atoms with Crippen molar-refractivity contribution in [3.63, 3.8) is 0 Å². The van der Waals surface area contributed by atoms with E-state index < -0.39 is 0 Å². The van der Waals surface area contributed by atoms with Crippen LogP contribution >= 0.6 is 0 Å². The van der Waals surface area contributed by atoms with E-state index in [-0.39, 0.29) is 0 Å². The number of hydrogen-bond donors (Lipinski definition) is 2. The molecular formula is C24H26N4O. The molecule has 0 saturated carbocycles. The monoisotopic (exact) mass is 386 g/mol. The summed E-state index contributed by atoms with van der Waals surface area (Å²) < 4.78 is 2.13. The lowest BCUT2D eigenvalue weighted by Gasteiger charge is -2.33. The third-order valence-corrected chi connectivity index (χ3v) is 6.26. The smallest absolute Gasteiger partial charge is 0.132 e. The second-order valence-electron chi connectivity index (χ2n) is 8.08. The standard InChI is InChI=1S/C24H26N4O/c1-27-14-21(19-4-2-3-5-23(19)27)20-12-17-6-7-18(13-22(17)26-24(20)25)28-10-8-16(15-29)9-11-28/h2-7,12-14,16,29H,8-11,15H2,1H3,(H2,25,26). The molecule has 5 rings (SSSR count). The van der Waals surface area contributed by atoms with Gasteiger partial charge >= 0.3 is 0 Å². The van der Waals surface area contributed by atoms with E-state index in [1.165, 1.54) is 16.6 Å². The number of nitrogens with two attached hydrogens (primary N) is 1. The van der Waals surface area contributed by atoms with Gasteiger partial charge in [0.25, 0.3) is 0 Å². The molecule has 1 saturated heterocycles. The van der Waals surface area contributed by atoms with Crippen molar-refractivity contribution in [3.8, 4) is 11.1 Å². The van der Waals surface area contributed by atoms with Gasteiger partial charge in [-0.25, -0.2) is 4.98 Å². The molecule has 4 aromatic rings. The van der Waals surface area contributed by atoms with Crippen LogP contribution < -0.4 is 10.6 Å². The normalized spacial score (nSPS) is 15.4. The molecule has 2 aromatic carbocycles. The summed E-state index contributed by atoms with van der Waals surface area (Å²) in [5.74, 6) is 0.994. The van der Waals surface area contributed by atoms with Crippen LogP contribution in [0.4, 0.5) is 11.5 Å². The van der Waals surface area contributed by atoms with Crippen LogP contribution in [0.1, 0.15) is 12.8 Å². The van der Waals surface area contributed by atoms with Gasteiger partial charge < -0.3 is 20.3 Å². The van der Waals surface area contributed by atoms with Crippen LogP contribution in [-0.4, -0.2) is 34.4 Å². The Morgan fingerprint density at radius 2 is 1.86 bits per heavy atom. The van der Waals surface area contributed by atoms with Crippen molar-refractivity contribution in [1.29, 1.82) is 0 Å². The van der Waals surface area contributed by atoms with Crippen molar-refractivity contribution < 1.29 is 5.11 Å². The fourth-order valence-corrected chi connectivity index (χ4v) is 4.51. The zero-order valence-electron chi connectivity index (χ0n) is 16.7. The van der Waals surface area contributed by atoms with Crippen molar-refractivity contribution in [2.45, 2.75) is 12.8 Å². The summed E-state index contributed by atoms with van der Waals surface area (Å²) in [7, 11) is 2.06. The summed E-state index contributed by atoms with van der Waals surface area (Å²) in [5.41, 5.74) is 11.8. The zero-order valence-corrected chi connectivity index (χ0v) is 16.7. The summed E-state index contributed by atoms with van der Waals surface area (Å²) in [6.07, 6.45) is 4.19.